The highest BCUT2D eigenvalue weighted by atomic mass is 16.6. The summed E-state index contributed by atoms with van der Waals surface area (Å²) < 4.78 is 10.6. The van der Waals surface area contributed by atoms with E-state index in [9.17, 15) is 14.4 Å². The Kier molecular flexibility index (Phi) is 6.25. The Hall–Kier alpha value is -3.95. The Bertz CT molecular complexity index is 1060. The molecule has 0 saturated carbocycles. The smallest absolute Gasteiger partial charge is 0.405 e. The number of carbonyl (C=O) groups excluding carboxylic acids is 3. The third-order valence-corrected chi connectivity index (χ3v) is 5.82. The standard InChI is InChI=1S/C23H25N5O5/c1-27-21(30)23(13-16-7-3-2-4-8-16)15-28(12-10-18(23)26-27)20(29)17(33-22(24)31)14-32-19-9-5-6-11-25-19/h2-9,11,17H,10,12-15H2,1H3,(H2,24,31)/t17?,23-/m1/s1. The number of pyridine rings is 1. The molecule has 1 unspecified atom stereocenters. The summed E-state index contributed by atoms with van der Waals surface area (Å²) in [4.78, 5) is 43.6. The second-order valence-electron chi connectivity index (χ2n) is 8.03. The second-order valence-corrected chi connectivity index (χ2v) is 8.03. The van der Waals surface area contributed by atoms with Crippen molar-refractivity contribution in [3.8, 4) is 5.88 Å². The van der Waals surface area contributed by atoms with E-state index in [1.807, 2.05) is 30.3 Å². The van der Waals surface area contributed by atoms with Gasteiger partial charge in [0.2, 0.25) is 12.0 Å². The first-order valence-corrected chi connectivity index (χ1v) is 10.6. The quantitative estimate of drug-likeness (QED) is 0.674. The molecule has 2 aromatic rings. The number of hydrogen-bond acceptors (Lipinski definition) is 7. The molecule has 0 bridgehead atoms. The van der Waals surface area contributed by atoms with Gasteiger partial charge in [-0.1, -0.05) is 36.4 Å². The van der Waals surface area contributed by atoms with Gasteiger partial charge in [0.05, 0.1) is 5.71 Å². The van der Waals surface area contributed by atoms with Gasteiger partial charge < -0.3 is 20.1 Å². The molecule has 10 heteroatoms. The molecule has 2 atom stereocenters. The van der Waals surface area contributed by atoms with Crippen LogP contribution >= 0.6 is 0 Å². The average Bonchev–Trinajstić information content (AvgIpc) is 3.06. The number of ether oxygens (including phenoxy) is 2. The molecule has 0 aliphatic carbocycles. The monoisotopic (exact) mass is 451 g/mol. The van der Waals surface area contributed by atoms with E-state index in [0.29, 0.717) is 19.4 Å². The molecule has 33 heavy (non-hydrogen) atoms. The van der Waals surface area contributed by atoms with Crippen LogP contribution in [0.25, 0.3) is 0 Å². The molecule has 3 heterocycles. The molecular formula is C23H25N5O5. The van der Waals surface area contributed by atoms with Crippen molar-refractivity contribution in [2.24, 2.45) is 16.3 Å². The van der Waals surface area contributed by atoms with Crippen molar-refractivity contribution in [3.63, 3.8) is 0 Å². The van der Waals surface area contributed by atoms with Crippen LogP contribution in [-0.4, -0.2) is 71.4 Å². The minimum atomic E-state index is -1.27. The number of nitrogens with zero attached hydrogens (tertiary/aromatic N) is 4. The molecule has 1 aromatic carbocycles. The average molecular weight is 451 g/mol. The number of carbonyl (C=O) groups is 3. The van der Waals surface area contributed by atoms with Gasteiger partial charge in [-0.2, -0.15) is 5.10 Å². The molecule has 3 amide bonds. The third-order valence-electron chi connectivity index (χ3n) is 5.82. The lowest BCUT2D eigenvalue weighted by Crippen LogP contribution is -2.58. The predicted molar refractivity (Wildman–Crippen MR) is 118 cm³/mol. The highest BCUT2D eigenvalue weighted by Gasteiger charge is 2.54. The van der Waals surface area contributed by atoms with Crippen molar-refractivity contribution < 1.29 is 23.9 Å². The van der Waals surface area contributed by atoms with Crippen molar-refractivity contribution in [2.45, 2.75) is 18.9 Å². The van der Waals surface area contributed by atoms with Gasteiger partial charge in [0.15, 0.2) is 0 Å². The highest BCUT2D eigenvalue weighted by molar-refractivity contribution is 6.13. The molecular weight excluding hydrogens is 426 g/mol. The van der Waals surface area contributed by atoms with Gasteiger partial charge in [-0.25, -0.2) is 14.8 Å². The number of hydrogen-bond donors (Lipinski definition) is 1. The van der Waals surface area contributed by atoms with Crippen molar-refractivity contribution >= 4 is 23.6 Å². The first kappa shape index (κ1) is 22.3. The van der Waals surface area contributed by atoms with E-state index in [-0.39, 0.29) is 24.9 Å². The van der Waals surface area contributed by atoms with Crippen LogP contribution in [0.2, 0.25) is 0 Å². The fourth-order valence-corrected chi connectivity index (χ4v) is 4.31. The number of likely N-dealkylation sites (tertiary alicyclic amines) is 1. The predicted octanol–water partition coefficient (Wildman–Crippen LogP) is 1.21. The molecule has 2 N–H and O–H groups in total. The Balaban J connectivity index is 1.55. The lowest BCUT2D eigenvalue weighted by molar-refractivity contribution is -0.146. The lowest BCUT2D eigenvalue weighted by Gasteiger charge is -2.40. The summed E-state index contributed by atoms with van der Waals surface area (Å²) in [7, 11) is 1.62. The van der Waals surface area contributed by atoms with Crippen LogP contribution in [0.3, 0.4) is 0 Å². The normalized spacial score (nSPS) is 20.6. The first-order valence-electron chi connectivity index (χ1n) is 10.6. The SMILES string of the molecule is CN1N=C2CCN(C(=O)C(COc3ccccn3)OC(N)=O)C[C@@]2(Cc2ccccc2)C1=O. The number of rotatable bonds is 7. The van der Waals surface area contributed by atoms with E-state index in [2.05, 4.69) is 10.1 Å². The third kappa shape index (κ3) is 4.64. The Morgan fingerprint density at radius 3 is 2.64 bits per heavy atom. The van der Waals surface area contributed by atoms with E-state index < -0.39 is 23.5 Å². The molecule has 1 fully saturated rings. The van der Waals surface area contributed by atoms with Gasteiger partial charge in [0.1, 0.15) is 12.0 Å². The largest absolute Gasteiger partial charge is 0.473 e. The maximum Gasteiger partial charge on any atom is 0.405 e. The summed E-state index contributed by atoms with van der Waals surface area (Å²) in [5.41, 5.74) is 5.95. The Labute approximate surface area is 191 Å². The van der Waals surface area contributed by atoms with Crippen LogP contribution in [0, 0.1) is 5.41 Å². The maximum absolute atomic E-state index is 13.4. The number of piperidine rings is 1. The number of benzene rings is 1. The number of aromatic nitrogens is 1. The summed E-state index contributed by atoms with van der Waals surface area (Å²) in [5, 5.41) is 5.79. The zero-order chi connectivity index (χ0) is 23.4. The van der Waals surface area contributed by atoms with Crippen molar-refractivity contribution in [1.82, 2.24) is 14.9 Å². The van der Waals surface area contributed by atoms with Crippen LogP contribution in [0.15, 0.2) is 59.8 Å². The van der Waals surface area contributed by atoms with Gasteiger partial charge in [-0.05, 0) is 18.1 Å². The molecule has 1 saturated heterocycles. The number of hydrazone groups is 1. The zero-order valence-corrected chi connectivity index (χ0v) is 18.2. The van der Waals surface area contributed by atoms with E-state index in [4.69, 9.17) is 15.2 Å². The van der Waals surface area contributed by atoms with E-state index in [1.165, 1.54) is 9.91 Å². The highest BCUT2D eigenvalue weighted by Crippen LogP contribution is 2.38. The zero-order valence-electron chi connectivity index (χ0n) is 18.2. The molecule has 1 aromatic heterocycles. The number of fused-ring (bicyclic) bond motifs is 1. The fourth-order valence-electron chi connectivity index (χ4n) is 4.31. The molecule has 0 radical (unpaired) electrons. The summed E-state index contributed by atoms with van der Waals surface area (Å²) in [6, 6.07) is 14.7. The van der Waals surface area contributed by atoms with Crippen molar-refractivity contribution in [1.29, 1.82) is 0 Å². The maximum atomic E-state index is 13.4. The van der Waals surface area contributed by atoms with Crippen molar-refractivity contribution in [2.75, 3.05) is 26.7 Å². The summed E-state index contributed by atoms with van der Waals surface area (Å²) in [6.45, 7) is 0.193. The van der Waals surface area contributed by atoms with Crippen LogP contribution in [-0.2, 0) is 20.7 Å². The Morgan fingerprint density at radius 1 is 1.18 bits per heavy atom. The summed E-state index contributed by atoms with van der Waals surface area (Å²) in [5.74, 6) is -0.376. The van der Waals surface area contributed by atoms with Crippen LogP contribution in [0.1, 0.15) is 12.0 Å². The van der Waals surface area contributed by atoms with Gasteiger partial charge in [0, 0.05) is 38.8 Å². The minimum Gasteiger partial charge on any atom is -0.473 e. The summed E-state index contributed by atoms with van der Waals surface area (Å²) in [6.07, 6.45) is 0.0194. The molecule has 2 aliphatic heterocycles. The van der Waals surface area contributed by atoms with E-state index >= 15 is 0 Å². The van der Waals surface area contributed by atoms with Crippen LogP contribution in [0.4, 0.5) is 4.79 Å². The van der Waals surface area contributed by atoms with Crippen molar-refractivity contribution in [3.05, 3.63) is 60.3 Å². The van der Waals surface area contributed by atoms with E-state index in [0.717, 1.165) is 11.3 Å². The number of primary amides is 1. The topological polar surface area (TPSA) is 127 Å². The molecule has 172 valence electrons. The van der Waals surface area contributed by atoms with Gasteiger partial charge in [-0.15, -0.1) is 0 Å². The molecule has 2 aliphatic rings. The number of amides is 3. The van der Waals surface area contributed by atoms with Crippen LogP contribution < -0.4 is 10.5 Å². The molecule has 10 nitrogen and oxygen atoms in total. The fraction of sp³-hybridized carbons (Fsp3) is 0.348. The van der Waals surface area contributed by atoms with Crippen LogP contribution in [0.5, 0.6) is 5.88 Å². The number of nitrogens with two attached hydrogens (primary N) is 1. The van der Waals surface area contributed by atoms with E-state index in [1.54, 1.807) is 31.4 Å². The van der Waals surface area contributed by atoms with Gasteiger partial charge in [-0.3, -0.25) is 9.59 Å². The van der Waals surface area contributed by atoms with Gasteiger partial charge in [0.25, 0.3) is 11.8 Å². The van der Waals surface area contributed by atoms with Gasteiger partial charge >= 0.3 is 6.09 Å². The first-order chi connectivity index (χ1) is 15.9. The lowest BCUT2D eigenvalue weighted by atomic mass is 9.73. The molecule has 4 rings (SSSR count). The minimum absolute atomic E-state index is 0.116. The second kappa shape index (κ2) is 9.27. The Morgan fingerprint density at radius 2 is 1.94 bits per heavy atom. The summed E-state index contributed by atoms with van der Waals surface area (Å²) >= 11 is 0. The molecule has 0 spiro atoms.